The summed E-state index contributed by atoms with van der Waals surface area (Å²) in [5.74, 6) is -0.960. The molecule has 0 unspecified atom stereocenters. The predicted octanol–water partition coefficient (Wildman–Crippen LogP) is 2.55. The lowest BCUT2D eigenvalue weighted by Crippen LogP contribution is -2.12. The number of rotatable bonds is 3. The van der Waals surface area contributed by atoms with E-state index in [1.807, 2.05) is 0 Å². The van der Waals surface area contributed by atoms with E-state index in [9.17, 15) is 13.2 Å². The molecule has 1 N–H and O–H groups in total. The zero-order valence-corrected chi connectivity index (χ0v) is 7.15. The van der Waals surface area contributed by atoms with E-state index in [1.54, 1.807) is 0 Å². The molecule has 2 nitrogen and oxygen atoms in total. The van der Waals surface area contributed by atoms with Gasteiger partial charge in [0.1, 0.15) is 0 Å². The number of aromatic nitrogens is 1. The van der Waals surface area contributed by atoms with Crippen molar-refractivity contribution < 1.29 is 13.2 Å². The van der Waals surface area contributed by atoms with Crippen molar-refractivity contribution >= 4 is 17.4 Å². The Morgan fingerprint density at radius 3 is 2.77 bits per heavy atom. The molecule has 72 valence electrons. The van der Waals surface area contributed by atoms with Gasteiger partial charge >= 0.3 is 0 Å². The van der Waals surface area contributed by atoms with Gasteiger partial charge in [0, 0.05) is 6.20 Å². The summed E-state index contributed by atoms with van der Waals surface area (Å²) in [7, 11) is 0. The number of hydrogen-bond donors (Lipinski definition) is 1. The van der Waals surface area contributed by atoms with E-state index in [2.05, 4.69) is 10.3 Å². The van der Waals surface area contributed by atoms with E-state index < -0.39 is 18.8 Å². The molecule has 1 heterocycles. The highest BCUT2D eigenvalue weighted by molar-refractivity contribution is 6.30. The Morgan fingerprint density at radius 1 is 1.54 bits per heavy atom. The molecule has 0 fully saturated rings. The van der Waals surface area contributed by atoms with Crippen LogP contribution in [0, 0.1) is 5.82 Å². The van der Waals surface area contributed by atoms with E-state index in [1.165, 1.54) is 6.20 Å². The molecular formula is C7H6ClF3N2. The Hall–Kier alpha value is -0.970. The van der Waals surface area contributed by atoms with Gasteiger partial charge in [0.15, 0.2) is 11.6 Å². The quantitative estimate of drug-likeness (QED) is 0.829. The van der Waals surface area contributed by atoms with Gasteiger partial charge in [-0.15, -0.1) is 0 Å². The Morgan fingerprint density at radius 2 is 2.23 bits per heavy atom. The summed E-state index contributed by atoms with van der Waals surface area (Å²) < 4.78 is 36.2. The van der Waals surface area contributed by atoms with Crippen LogP contribution in [0.3, 0.4) is 0 Å². The number of halogens is 4. The van der Waals surface area contributed by atoms with Crippen molar-refractivity contribution in [2.75, 3.05) is 11.9 Å². The molecule has 6 heteroatoms. The van der Waals surface area contributed by atoms with Crippen molar-refractivity contribution in [1.82, 2.24) is 4.98 Å². The van der Waals surface area contributed by atoms with Gasteiger partial charge in [0.25, 0.3) is 6.43 Å². The minimum Gasteiger partial charge on any atom is -0.362 e. The second-order valence-corrected chi connectivity index (χ2v) is 2.69. The molecule has 0 spiro atoms. The molecule has 0 radical (unpaired) electrons. The van der Waals surface area contributed by atoms with Crippen molar-refractivity contribution in [2.24, 2.45) is 0 Å². The molecule has 0 bridgehead atoms. The number of alkyl halides is 2. The summed E-state index contributed by atoms with van der Waals surface area (Å²) >= 11 is 5.40. The molecule has 0 aliphatic carbocycles. The highest BCUT2D eigenvalue weighted by atomic mass is 35.5. The van der Waals surface area contributed by atoms with E-state index in [-0.39, 0.29) is 10.8 Å². The van der Waals surface area contributed by atoms with Crippen LogP contribution in [0.4, 0.5) is 19.0 Å². The van der Waals surface area contributed by atoms with Crippen molar-refractivity contribution in [1.29, 1.82) is 0 Å². The zero-order chi connectivity index (χ0) is 9.84. The van der Waals surface area contributed by atoms with Crippen LogP contribution in [0.5, 0.6) is 0 Å². The lowest BCUT2D eigenvalue weighted by Gasteiger charge is -2.04. The number of hydrogen-bond acceptors (Lipinski definition) is 2. The largest absolute Gasteiger partial charge is 0.362 e. The van der Waals surface area contributed by atoms with Crippen LogP contribution in [0.25, 0.3) is 0 Å². The lowest BCUT2D eigenvalue weighted by atomic mass is 10.4. The van der Waals surface area contributed by atoms with Crippen LogP contribution < -0.4 is 5.32 Å². The van der Waals surface area contributed by atoms with E-state index in [0.717, 1.165) is 6.07 Å². The predicted molar refractivity (Wildman–Crippen MR) is 43.7 cm³/mol. The second kappa shape index (κ2) is 4.32. The molecule has 0 amide bonds. The molecule has 0 aliphatic heterocycles. The highest BCUT2D eigenvalue weighted by Crippen LogP contribution is 2.15. The first-order valence-electron chi connectivity index (χ1n) is 3.42. The smallest absolute Gasteiger partial charge is 0.255 e. The normalized spacial score (nSPS) is 10.5. The first-order chi connectivity index (χ1) is 6.09. The maximum atomic E-state index is 12.8. The van der Waals surface area contributed by atoms with Crippen molar-refractivity contribution in [2.45, 2.75) is 6.43 Å². The third kappa shape index (κ3) is 3.10. The zero-order valence-electron chi connectivity index (χ0n) is 6.40. The Balaban J connectivity index is 2.67. The molecule has 1 aromatic rings. The highest BCUT2D eigenvalue weighted by Gasteiger charge is 2.07. The third-order valence-corrected chi connectivity index (χ3v) is 1.44. The summed E-state index contributed by atoms with van der Waals surface area (Å²) in [5.41, 5.74) is 0. The van der Waals surface area contributed by atoms with Crippen LogP contribution in [-0.4, -0.2) is 18.0 Å². The molecule has 0 aromatic carbocycles. The summed E-state index contributed by atoms with van der Waals surface area (Å²) in [5, 5.41) is 2.27. The minimum atomic E-state index is -2.54. The van der Waals surface area contributed by atoms with Crippen LogP contribution in [0.15, 0.2) is 12.3 Å². The summed E-state index contributed by atoms with van der Waals surface area (Å²) in [4.78, 5) is 3.50. The van der Waals surface area contributed by atoms with Crippen LogP contribution in [0.2, 0.25) is 5.02 Å². The van der Waals surface area contributed by atoms with Gasteiger partial charge < -0.3 is 5.32 Å². The molecule has 0 saturated carbocycles. The maximum absolute atomic E-state index is 12.8. The molecule has 0 atom stereocenters. The fourth-order valence-corrected chi connectivity index (χ4v) is 0.863. The van der Waals surface area contributed by atoms with Crippen molar-refractivity contribution in [3.8, 4) is 0 Å². The van der Waals surface area contributed by atoms with Crippen LogP contribution in [0.1, 0.15) is 0 Å². The first-order valence-corrected chi connectivity index (χ1v) is 3.80. The monoisotopic (exact) mass is 210 g/mol. The van der Waals surface area contributed by atoms with Gasteiger partial charge in [-0.1, -0.05) is 11.6 Å². The Kier molecular flexibility index (Phi) is 3.36. The van der Waals surface area contributed by atoms with Gasteiger partial charge in [-0.25, -0.2) is 18.2 Å². The second-order valence-electron chi connectivity index (χ2n) is 2.26. The molecule has 1 rings (SSSR count). The van der Waals surface area contributed by atoms with Crippen LogP contribution >= 0.6 is 11.6 Å². The fourth-order valence-electron chi connectivity index (χ4n) is 0.718. The molecule has 13 heavy (non-hydrogen) atoms. The van der Waals surface area contributed by atoms with Gasteiger partial charge in [0.05, 0.1) is 11.6 Å². The minimum absolute atomic E-state index is 0.125. The first kappa shape index (κ1) is 10.1. The maximum Gasteiger partial charge on any atom is 0.255 e. The standard InChI is InChI=1S/C7H6ClF3N2/c8-4-1-5(9)7(12-2-4)13-3-6(10)11/h1-2,6H,3H2,(H,12,13). The summed E-state index contributed by atoms with van der Waals surface area (Å²) in [6.07, 6.45) is -1.37. The Labute approximate surface area is 77.7 Å². The van der Waals surface area contributed by atoms with Crippen LogP contribution in [-0.2, 0) is 0 Å². The van der Waals surface area contributed by atoms with Gasteiger partial charge in [0.2, 0.25) is 0 Å². The van der Waals surface area contributed by atoms with Gasteiger partial charge in [-0.3, -0.25) is 0 Å². The number of nitrogens with one attached hydrogen (secondary N) is 1. The average molecular weight is 211 g/mol. The summed E-state index contributed by atoms with van der Waals surface area (Å²) in [6, 6.07) is 1.00. The Bertz CT molecular complexity index is 293. The van der Waals surface area contributed by atoms with Crippen molar-refractivity contribution in [3.05, 3.63) is 23.1 Å². The summed E-state index contributed by atoms with van der Waals surface area (Å²) in [6.45, 7) is -0.633. The average Bonchev–Trinajstić information content (AvgIpc) is 2.02. The third-order valence-electron chi connectivity index (χ3n) is 1.23. The number of nitrogens with zero attached hydrogens (tertiary/aromatic N) is 1. The van der Waals surface area contributed by atoms with E-state index >= 15 is 0 Å². The molecular weight excluding hydrogens is 205 g/mol. The SMILES string of the molecule is Fc1cc(Cl)cnc1NCC(F)F. The lowest BCUT2D eigenvalue weighted by molar-refractivity contribution is 0.163. The molecule has 0 aliphatic rings. The van der Waals surface area contributed by atoms with E-state index in [0.29, 0.717) is 0 Å². The number of anilines is 1. The molecule has 0 saturated heterocycles. The van der Waals surface area contributed by atoms with Gasteiger partial charge in [-0.2, -0.15) is 0 Å². The van der Waals surface area contributed by atoms with Crippen molar-refractivity contribution in [3.63, 3.8) is 0 Å². The van der Waals surface area contributed by atoms with E-state index in [4.69, 9.17) is 11.6 Å². The van der Waals surface area contributed by atoms with Gasteiger partial charge in [-0.05, 0) is 6.07 Å². The molecule has 1 aromatic heterocycles. The number of pyridine rings is 1. The topological polar surface area (TPSA) is 24.9 Å². The fraction of sp³-hybridized carbons (Fsp3) is 0.286.